The molecule has 0 aromatic carbocycles. The average molecular weight is 300 g/mol. The van der Waals surface area contributed by atoms with Gasteiger partial charge in [0.05, 0.1) is 17.3 Å². The zero-order valence-corrected chi connectivity index (χ0v) is 12.0. The zero-order chi connectivity index (χ0) is 14.8. The number of thiophene rings is 1. The minimum Gasteiger partial charge on any atom is -0.305 e. The maximum atomic E-state index is 12.5. The SMILES string of the molecule is CCNC(c1ccc(C(F)(F)F)cn1)c1ccc(C)s1. The Morgan fingerprint density at radius 3 is 2.45 bits per heavy atom. The van der Waals surface area contributed by atoms with E-state index >= 15 is 0 Å². The van der Waals surface area contributed by atoms with Gasteiger partial charge in [0.1, 0.15) is 0 Å². The lowest BCUT2D eigenvalue weighted by Gasteiger charge is -2.16. The number of rotatable bonds is 4. The van der Waals surface area contributed by atoms with Crippen molar-refractivity contribution in [2.24, 2.45) is 0 Å². The maximum Gasteiger partial charge on any atom is 0.417 e. The first-order chi connectivity index (χ1) is 9.41. The van der Waals surface area contributed by atoms with Crippen LogP contribution in [0.15, 0.2) is 30.5 Å². The van der Waals surface area contributed by atoms with Crippen molar-refractivity contribution in [2.45, 2.75) is 26.1 Å². The number of hydrogen-bond acceptors (Lipinski definition) is 3. The zero-order valence-electron chi connectivity index (χ0n) is 11.2. The van der Waals surface area contributed by atoms with Gasteiger partial charge in [0.15, 0.2) is 0 Å². The molecule has 0 fully saturated rings. The van der Waals surface area contributed by atoms with Gasteiger partial charge in [0, 0.05) is 16.0 Å². The van der Waals surface area contributed by atoms with Crippen LogP contribution in [0.2, 0.25) is 0 Å². The van der Waals surface area contributed by atoms with Crippen LogP contribution in [-0.4, -0.2) is 11.5 Å². The molecular weight excluding hydrogens is 285 g/mol. The Labute approximate surface area is 119 Å². The quantitative estimate of drug-likeness (QED) is 0.916. The molecule has 0 aliphatic heterocycles. The van der Waals surface area contributed by atoms with E-state index in [1.165, 1.54) is 6.07 Å². The fourth-order valence-electron chi connectivity index (χ4n) is 1.91. The Bertz CT molecular complexity index is 561. The van der Waals surface area contributed by atoms with E-state index in [4.69, 9.17) is 0 Å². The molecule has 0 saturated carbocycles. The number of halogens is 3. The maximum absolute atomic E-state index is 12.5. The van der Waals surface area contributed by atoms with E-state index in [-0.39, 0.29) is 6.04 Å². The monoisotopic (exact) mass is 300 g/mol. The molecular formula is C14H15F3N2S. The predicted octanol–water partition coefficient (Wildman–Crippen LogP) is 4.17. The normalized spacial score (nSPS) is 13.4. The lowest BCUT2D eigenvalue weighted by Crippen LogP contribution is -2.22. The molecule has 0 spiro atoms. The first-order valence-electron chi connectivity index (χ1n) is 6.24. The van der Waals surface area contributed by atoms with E-state index in [2.05, 4.69) is 10.3 Å². The van der Waals surface area contributed by atoms with Gasteiger partial charge in [0.2, 0.25) is 0 Å². The summed E-state index contributed by atoms with van der Waals surface area (Å²) in [5.74, 6) is 0. The molecule has 0 aliphatic carbocycles. The summed E-state index contributed by atoms with van der Waals surface area (Å²) in [4.78, 5) is 6.19. The molecule has 6 heteroatoms. The first-order valence-corrected chi connectivity index (χ1v) is 7.06. The number of nitrogens with zero attached hydrogens (tertiary/aromatic N) is 1. The van der Waals surface area contributed by atoms with E-state index in [1.807, 2.05) is 26.0 Å². The van der Waals surface area contributed by atoms with Gasteiger partial charge in [-0.3, -0.25) is 4.98 Å². The molecule has 2 nitrogen and oxygen atoms in total. The highest BCUT2D eigenvalue weighted by Gasteiger charge is 2.31. The third-order valence-corrected chi connectivity index (χ3v) is 3.93. The second-order valence-corrected chi connectivity index (χ2v) is 5.73. The minimum atomic E-state index is -4.35. The van der Waals surface area contributed by atoms with E-state index in [9.17, 15) is 13.2 Å². The molecule has 2 aromatic rings. The molecule has 20 heavy (non-hydrogen) atoms. The van der Waals surface area contributed by atoms with Crippen LogP contribution >= 0.6 is 11.3 Å². The number of aryl methyl sites for hydroxylation is 1. The van der Waals surface area contributed by atoms with E-state index < -0.39 is 11.7 Å². The molecule has 1 N–H and O–H groups in total. The highest BCUT2D eigenvalue weighted by molar-refractivity contribution is 7.12. The lowest BCUT2D eigenvalue weighted by atomic mass is 10.1. The summed E-state index contributed by atoms with van der Waals surface area (Å²) in [7, 11) is 0. The Balaban J connectivity index is 2.30. The second-order valence-electron chi connectivity index (χ2n) is 4.41. The molecule has 0 radical (unpaired) electrons. The second kappa shape index (κ2) is 5.93. The topological polar surface area (TPSA) is 24.9 Å². The average Bonchev–Trinajstić information content (AvgIpc) is 2.81. The molecule has 0 amide bonds. The number of nitrogens with one attached hydrogen (secondary N) is 1. The van der Waals surface area contributed by atoms with Gasteiger partial charge >= 0.3 is 6.18 Å². The molecule has 2 aromatic heterocycles. The van der Waals surface area contributed by atoms with Gasteiger partial charge in [-0.05, 0) is 37.7 Å². The summed E-state index contributed by atoms with van der Waals surface area (Å²) in [6, 6.07) is 6.32. The molecule has 2 heterocycles. The molecule has 108 valence electrons. The van der Waals surface area contributed by atoms with Crippen LogP contribution in [0, 0.1) is 6.92 Å². The van der Waals surface area contributed by atoms with Crippen molar-refractivity contribution in [1.29, 1.82) is 0 Å². The van der Waals surface area contributed by atoms with Crippen LogP contribution in [0.4, 0.5) is 13.2 Å². The number of alkyl halides is 3. The van der Waals surface area contributed by atoms with Crippen molar-refractivity contribution in [3.63, 3.8) is 0 Å². The van der Waals surface area contributed by atoms with Crippen molar-refractivity contribution in [3.05, 3.63) is 51.5 Å². The smallest absolute Gasteiger partial charge is 0.305 e. The molecule has 1 unspecified atom stereocenters. The fraction of sp³-hybridized carbons (Fsp3) is 0.357. The Kier molecular flexibility index (Phi) is 4.45. The molecule has 1 atom stereocenters. The van der Waals surface area contributed by atoms with Crippen molar-refractivity contribution < 1.29 is 13.2 Å². The molecule has 0 bridgehead atoms. The highest BCUT2D eigenvalue weighted by Crippen LogP contribution is 2.31. The van der Waals surface area contributed by atoms with E-state index in [0.29, 0.717) is 12.2 Å². The summed E-state index contributed by atoms with van der Waals surface area (Å²) in [5.41, 5.74) is -0.124. The van der Waals surface area contributed by atoms with E-state index in [0.717, 1.165) is 22.0 Å². The van der Waals surface area contributed by atoms with E-state index in [1.54, 1.807) is 11.3 Å². The first kappa shape index (κ1) is 15.0. The minimum absolute atomic E-state index is 0.166. The standard InChI is InChI=1S/C14H15F3N2S/c1-3-18-13(12-7-4-9(2)20-12)11-6-5-10(8-19-11)14(15,16)17/h4-8,13,18H,3H2,1-2H3. The third-order valence-electron chi connectivity index (χ3n) is 2.86. The number of hydrogen-bond donors (Lipinski definition) is 1. The summed E-state index contributed by atoms with van der Waals surface area (Å²) in [6.07, 6.45) is -3.46. The van der Waals surface area contributed by atoms with Crippen LogP contribution in [0.3, 0.4) is 0 Å². The lowest BCUT2D eigenvalue weighted by molar-refractivity contribution is -0.137. The van der Waals surface area contributed by atoms with Crippen LogP contribution in [0.5, 0.6) is 0 Å². The van der Waals surface area contributed by atoms with Gasteiger partial charge in [0.25, 0.3) is 0 Å². The van der Waals surface area contributed by atoms with Crippen LogP contribution in [0.25, 0.3) is 0 Å². The van der Waals surface area contributed by atoms with Gasteiger partial charge in [-0.15, -0.1) is 11.3 Å². The van der Waals surface area contributed by atoms with Gasteiger partial charge in [-0.25, -0.2) is 0 Å². The highest BCUT2D eigenvalue weighted by atomic mass is 32.1. The Morgan fingerprint density at radius 2 is 2.00 bits per heavy atom. The number of pyridine rings is 1. The summed E-state index contributed by atoms with van der Waals surface area (Å²) in [6.45, 7) is 4.67. The van der Waals surface area contributed by atoms with Crippen LogP contribution in [0.1, 0.15) is 34.0 Å². The van der Waals surface area contributed by atoms with Crippen molar-refractivity contribution >= 4 is 11.3 Å². The van der Waals surface area contributed by atoms with Crippen LogP contribution < -0.4 is 5.32 Å². The molecule has 0 aliphatic rings. The van der Waals surface area contributed by atoms with Gasteiger partial charge in [-0.2, -0.15) is 13.2 Å². The van der Waals surface area contributed by atoms with Crippen LogP contribution in [-0.2, 0) is 6.18 Å². The Morgan fingerprint density at radius 1 is 1.25 bits per heavy atom. The predicted molar refractivity (Wildman–Crippen MR) is 73.8 cm³/mol. The third kappa shape index (κ3) is 3.37. The van der Waals surface area contributed by atoms with Crippen molar-refractivity contribution in [1.82, 2.24) is 10.3 Å². The van der Waals surface area contributed by atoms with Crippen molar-refractivity contribution in [2.75, 3.05) is 6.54 Å². The molecule has 2 rings (SSSR count). The Hall–Kier alpha value is -1.40. The van der Waals surface area contributed by atoms with Gasteiger partial charge < -0.3 is 5.32 Å². The summed E-state index contributed by atoms with van der Waals surface area (Å²) < 4.78 is 37.6. The van der Waals surface area contributed by atoms with Crippen molar-refractivity contribution in [3.8, 4) is 0 Å². The molecule has 0 saturated heterocycles. The largest absolute Gasteiger partial charge is 0.417 e. The summed E-state index contributed by atoms with van der Waals surface area (Å²) in [5, 5.41) is 3.25. The van der Waals surface area contributed by atoms with Gasteiger partial charge in [-0.1, -0.05) is 6.92 Å². The fourth-order valence-corrected chi connectivity index (χ4v) is 2.87. The summed E-state index contributed by atoms with van der Waals surface area (Å²) >= 11 is 1.62. The number of aromatic nitrogens is 1.